The topological polar surface area (TPSA) is 176 Å². The number of unbranched alkanes of at least 4 members (excludes halogenated alkanes) is 1. The highest BCUT2D eigenvalue weighted by Gasteiger charge is 2.65. The van der Waals surface area contributed by atoms with Crippen LogP contribution in [0.2, 0.25) is 0 Å². The average molecular weight is 895 g/mol. The molecular weight excluding hydrogens is 805 g/mol. The van der Waals surface area contributed by atoms with Crippen LogP contribution in [-0.4, -0.2) is 80.3 Å². The smallest absolute Gasteiger partial charge is 0.326 e. The fourth-order valence-corrected chi connectivity index (χ4v) is 18.8. The molecular formula is C54H90N2O8. The van der Waals surface area contributed by atoms with E-state index in [0.717, 1.165) is 83.5 Å². The Morgan fingerprint density at radius 1 is 0.562 bits per heavy atom. The minimum absolute atomic E-state index is 0.0216. The molecule has 21 atom stereocenters. The molecule has 8 saturated carbocycles. The molecule has 0 bridgehead atoms. The molecule has 10 nitrogen and oxygen atoms in total. The fraction of sp³-hybridized carbons (Fsp3) is 0.944. The van der Waals surface area contributed by atoms with E-state index in [-0.39, 0.29) is 70.2 Å². The van der Waals surface area contributed by atoms with Crippen molar-refractivity contribution in [3.63, 3.8) is 0 Å². The molecule has 8 aliphatic rings. The van der Waals surface area contributed by atoms with Gasteiger partial charge in [0.15, 0.2) is 0 Å². The van der Waals surface area contributed by atoms with E-state index < -0.39 is 12.0 Å². The molecule has 10 heteroatoms. The van der Waals surface area contributed by atoms with Gasteiger partial charge in [0, 0.05) is 19.4 Å². The van der Waals surface area contributed by atoms with Gasteiger partial charge in [-0.15, -0.1) is 0 Å². The maximum Gasteiger partial charge on any atom is 0.326 e. The van der Waals surface area contributed by atoms with Gasteiger partial charge in [-0.3, -0.25) is 9.59 Å². The van der Waals surface area contributed by atoms with Crippen molar-refractivity contribution < 1.29 is 39.9 Å². The van der Waals surface area contributed by atoms with Gasteiger partial charge in [0.05, 0.1) is 24.4 Å². The molecule has 0 spiro atoms. The van der Waals surface area contributed by atoms with Crippen molar-refractivity contribution in [3.05, 3.63) is 0 Å². The minimum Gasteiger partial charge on any atom is -0.480 e. The van der Waals surface area contributed by atoms with Crippen LogP contribution in [-0.2, 0) is 14.4 Å². The van der Waals surface area contributed by atoms with Gasteiger partial charge in [-0.25, -0.2) is 4.79 Å². The normalized spacial score (nSPS) is 47.3. The van der Waals surface area contributed by atoms with Gasteiger partial charge in [0.25, 0.3) is 0 Å². The lowest BCUT2D eigenvalue weighted by Crippen LogP contribution is -2.58. The van der Waals surface area contributed by atoms with E-state index in [1.165, 1.54) is 25.7 Å². The number of nitrogens with one attached hydrogen (secondary N) is 2. The quantitative estimate of drug-likeness (QED) is 0.0800. The van der Waals surface area contributed by atoms with Gasteiger partial charge in [-0.2, -0.15) is 0 Å². The SMILES string of the molecule is C[C@H](CCC(=O)N[C@@H](CCCCNC(=O)CC[C@H](C)[C@H]1CC[C@H]2[C@@H]3CC[C@@H]4C[C@H](O)CC[C@]4(C)[C@H]3C[C@H](O)[C@]12C)C(=O)O)[C@H]1CC[C@H]2[C@@H]3CC[C@@H]4C[C@H](O)CC[C@]4(C)[C@H]3C[C@H](O)[C@]12C. The number of carbonyl (C=O) groups excluding carboxylic acids is 2. The predicted octanol–water partition coefficient (Wildman–Crippen LogP) is 8.66. The molecule has 0 aliphatic heterocycles. The van der Waals surface area contributed by atoms with Gasteiger partial charge in [-0.1, -0.05) is 41.5 Å². The lowest BCUT2D eigenvalue weighted by atomic mass is 9.43. The summed E-state index contributed by atoms with van der Waals surface area (Å²) in [4.78, 5) is 38.5. The zero-order valence-electron chi connectivity index (χ0n) is 40.7. The van der Waals surface area contributed by atoms with Crippen molar-refractivity contribution in [1.82, 2.24) is 10.6 Å². The third kappa shape index (κ3) is 8.66. The van der Waals surface area contributed by atoms with Crippen LogP contribution in [0.25, 0.3) is 0 Å². The first-order chi connectivity index (χ1) is 30.3. The molecule has 0 aromatic rings. The number of aliphatic carboxylic acids is 1. The van der Waals surface area contributed by atoms with Crippen LogP contribution in [0.4, 0.5) is 0 Å². The molecule has 0 heterocycles. The monoisotopic (exact) mass is 895 g/mol. The molecule has 364 valence electrons. The molecule has 8 fully saturated rings. The summed E-state index contributed by atoms with van der Waals surface area (Å²) in [5.41, 5.74) is 0.125. The highest BCUT2D eigenvalue weighted by molar-refractivity contribution is 5.83. The summed E-state index contributed by atoms with van der Waals surface area (Å²) in [6.45, 7) is 14.6. The number of hydrogen-bond donors (Lipinski definition) is 7. The zero-order valence-corrected chi connectivity index (χ0v) is 40.7. The second-order valence-electron chi connectivity index (χ2n) is 25.1. The number of carbonyl (C=O) groups is 3. The molecule has 0 saturated heterocycles. The molecule has 64 heavy (non-hydrogen) atoms. The van der Waals surface area contributed by atoms with Crippen molar-refractivity contribution in [2.75, 3.05) is 6.54 Å². The first-order valence-electron chi connectivity index (χ1n) is 26.8. The first kappa shape index (κ1) is 48.7. The number of aliphatic hydroxyl groups excluding tert-OH is 4. The Kier molecular flexibility index (Phi) is 14.4. The number of carboxylic acids is 1. The van der Waals surface area contributed by atoms with Gasteiger partial charge in [0.1, 0.15) is 6.04 Å². The van der Waals surface area contributed by atoms with Crippen LogP contribution in [0.5, 0.6) is 0 Å². The first-order valence-corrected chi connectivity index (χ1v) is 26.8. The summed E-state index contributed by atoms with van der Waals surface area (Å²) < 4.78 is 0. The zero-order chi connectivity index (χ0) is 45.9. The Hall–Kier alpha value is -1.75. The van der Waals surface area contributed by atoms with Crippen molar-refractivity contribution >= 4 is 17.8 Å². The second-order valence-corrected chi connectivity index (χ2v) is 25.1. The highest BCUT2D eigenvalue weighted by Crippen LogP contribution is 2.70. The Morgan fingerprint density at radius 3 is 1.50 bits per heavy atom. The van der Waals surface area contributed by atoms with Crippen molar-refractivity contribution in [3.8, 4) is 0 Å². The highest BCUT2D eigenvalue weighted by atomic mass is 16.4. The Labute approximate surface area is 386 Å². The summed E-state index contributed by atoms with van der Waals surface area (Å²) in [6.07, 6.45) is 19.4. The summed E-state index contributed by atoms with van der Waals surface area (Å²) in [6, 6.07) is -0.960. The lowest BCUT2D eigenvalue weighted by Gasteiger charge is -2.62. The summed E-state index contributed by atoms with van der Waals surface area (Å²) in [7, 11) is 0. The van der Waals surface area contributed by atoms with Crippen LogP contribution in [0.1, 0.15) is 189 Å². The van der Waals surface area contributed by atoms with Crippen LogP contribution in [0.3, 0.4) is 0 Å². The number of amides is 2. The van der Waals surface area contributed by atoms with E-state index in [4.69, 9.17) is 0 Å². The predicted molar refractivity (Wildman–Crippen MR) is 248 cm³/mol. The molecule has 0 unspecified atom stereocenters. The summed E-state index contributed by atoms with van der Waals surface area (Å²) in [5.74, 6) is 4.47. The lowest BCUT2D eigenvalue weighted by molar-refractivity contribution is -0.175. The molecule has 2 amide bonds. The van der Waals surface area contributed by atoms with Crippen LogP contribution < -0.4 is 10.6 Å². The van der Waals surface area contributed by atoms with Crippen LogP contribution in [0.15, 0.2) is 0 Å². The second kappa shape index (κ2) is 19.0. The molecule has 8 rings (SSSR count). The largest absolute Gasteiger partial charge is 0.480 e. The van der Waals surface area contributed by atoms with Crippen LogP contribution in [0, 0.1) is 92.7 Å². The number of carboxylic acid groups (broad SMARTS) is 1. The minimum atomic E-state index is -1.03. The molecule has 0 radical (unpaired) electrons. The van der Waals surface area contributed by atoms with E-state index in [9.17, 15) is 39.9 Å². The molecule has 8 aliphatic carbocycles. The molecule has 0 aromatic carbocycles. The van der Waals surface area contributed by atoms with E-state index >= 15 is 0 Å². The van der Waals surface area contributed by atoms with E-state index in [1.54, 1.807) is 0 Å². The molecule has 0 aromatic heterocycles. The maximum atomic E-state index is 13.2. The third-order valence-electron chi connectivity index (χ3n) is 22.5. The van der Waals surface area contributed by atoms with E-state index in [2.05, 4.69) is 52.2 Å². The number of aliphatic hydroxyl groups is 4. The maximum absolute atomic E-state index is 13.2. The van der Waals surface area contributed by atoms with Crippen molar-refractivity contribution in [1.29, 1.82) is 0 Å². The van der Waals surface area contributed by atoms with Crippen molar-refractivity contribution in [2.45, 2.75) is 220 Å². The fourth-order valence-electron chi connectivity index (χ4n) is 18.8. The third-order valence-corrected chi connectivity index (χ3v) is 22.5. The van der Waals surface area contributed by atoms with Gasteiger partial charge in [-0.05, 0) is 228 Å². The van der Waals surface area contributed by atoms with Crippen molar-refractivity contribution in [2.24, 2.45) is 92.7 Å². The Morgan fingerprint density at radius 2 is 1.03 bits per heavy atom. The number of rotatable bonds is 15. The van der Waals surface area contributed by atoms with E-state index in [0.29, 0.717) is 104 Å². The number of fused-ring (bicyclic) bond motifs is 10. The van der Waals surface area contributed by atoms with Gasteiger partial charge >= 0.3 is 5.97 Å². The van der Waals surface area contributed by atoms with E-state index in [1.807, 2.05) is 0 Å². The van der Waals surface area contributed by atoms with Gasteiger partial charge < -0.3 is 36.2 Å². The van der Waals surface area contributed by atoms with Gasteiger partial charge in [0.2, 0.25) is 11.8 Å². The van der Waals surface area contributed by atoms with Crippen LogP contribution >= 0.6 is 0 Å². The standard InChI is InChI=1S/C54H90N2O8/c1-31(39-16-18-41-37-14-12-33-27-35(57)22-24-51(33,3)43(37)29-46(59)53(39,41)5)10-20-48(61)55-26-8-7-9-45(50(63)64)56-49(62)21-11-32(2)40-17-19-42-38-15-13-34-28-36(58)23-25-52(34,4)44(38)30-47(60)54(40,42)6/h31-47,57-60H,7-30H2,1-6H3,(H,55,61)(H,56,62)(H,63,64)/t31-,32+,33+,34+,35+,36+,37-,38-,39+,40+,41-,42-,43-,44-,45-,46-,47-,51-,52-,53+,54+/m0/s1. The summed E-state index contributed by atoms with van der Waals surface area (Å²) >= 11 is 0. The Balaban J connectivity index is 0.738. The Bertz CT molecular complexity index is 1680. The average Bonchev–Trinajstić information content (AvgIpc) is 3.81. The summed E-state index contributed by atoms with van der Waals surface area (Å²) in [5, 5.41) is 60.6. The number of hydrogen-bond acceptors (Lipinski definition) is 7. The molecule has 7 N–H and O–H groups in total.